The summed E-state index contributed by atoms with van der Waals surface area (Å²) in [5.74, 6) is -0.571. The SMILES string of the molecule is COC(=O)[C@H]1CCC[C@@H](OS(=O)(=O)c2ccc(C)cc2)C1. The van der Waals surface area contributed by atoms with Crippen LogP contribution in [0.25, 0.3) is 0 Å². The molecule has 0 amide bonds. The summed E-state index contributed by atoms with van der Waals surface area (Å²) in [7, 11) is -2.44. The highest BCUT2D eigenvalue weighted by atomic mass is 32.2. The smallest absolute Gasteiger partial charge is 0.308 e. The number of carbonyl (C=O) groups is 1. The topological polar surface area (TPSA) is 69.7 Å². The maximum absolute atomic E-state index is 12.2. The summed E-state index contributed by atoms with van der Waals surface area (Å²) in [4.78, 5) is 11.7. The molecule has 1 saturated carbocycles. The third-order valence-corrected chi connectivity index (χ3v) is 5.11. The van der Waals surface area contributed by atoms with Gasteiger partial charge in [-0.15, -0.1) is 0 Å². The number of esters is 1. The van der Waals surface area contributed by atoms with Gasteiger partial charge in [0, 0.05) is 0 Å². The van der Waals surface area contributed by atoms with Crippen molar-refractivity contribution in [1.82, 2.24) is 0 Å². The summed E-state index contributed by atoms with van der Waals surface area (Å²) in [5, 5.41) is 0. The predicted octanol–water partition coefficient (Wildman–Crippen LogP) is 2.43. The van der Waals surface area contributed by atoms with Gasteiger partial charge in [-0.05, 0) is 44.7 Å². The van der Waals surface area contributed by atoms with Crippen LogP contribution in [0, 0.1) is 12.8 Å². The van der Waals surface area contributed by atoms with E-state index in [2.05, 4.69) is 0 Å². The van der Waals surface area contributed by atoms with Crippen LogP contribution in [-0.2, 0) is 23.8 Å². The Hall–Kier alpha value is -1.40. The van der Waals surface area contributed by atoms with E-state index in [9.17, 15) is 13.2 Å². The van der Waals surface area contributed by atoms with Crippen LogP contribution < -0.4 is 0 Å². The van der Waals surface area contributed by atoms with Gasteiger partial charge in [-0.3, -0.25) is 8.98 Å². The Morgan fingerprint density at radius 2 is 1.86 bits per heavy atom. The summed E-state index contributed by atoms with van der Waals surface area (Å²) in [6.45, 7) is 1.89. The fraction of sp³-hybridized carbons (Fsp3) is 0.533. The monoisotopic (exact) mass is 312 g/mol. The maximum atomic E-state index is 12.2. The van der Waals surface area contributed by atoms with Crippen LogP contribution in [0.15, 0.2) is 29.2 Å². The molecule has 0 aromatic heterocycles. The third kappa shape index (κ3) is 4.04. The van der Waals surface area contributed by atoms with Crippen LogP contribution in [0.4, 0.5) is 0 Å². The van der Waals surface area contributed by atoms with Crippen LogP contribution in [0.5, 0.6) is 0 Å². The molecule has 2 rings (SSSR count). The third-order valence-electron chi connectivity index (χ3n) is 3.73. The van der Waals surface area contributed by atoms with Crippen LogP contribution in [0.1, 0.15) is 31.2 Å². The molecule has 2 atom stereocenters. The van der Waals surface area contributed by atoms with Crippen molar-refractivity contribution in [2.24, 2.45) is 5.92 Å². The second-order valence-electron chi connectivity index (χ2n) is 5.37. The molecule has 1 aromatic rings. The lowest BCUT2D eigenvalue weighted by Gasteiger charge is -2.26. The summed E-state index contributed by atoms with van der Waals surface area (Å²) in [6, 6.07) is 6.53. The number of ether oxygens (including phenoxy) is 1. The van der Waals surface area contributed by atoms with E-state index in [0.717, 1.165) is 18.4 Å². The van der Waals surface area contributed by atoms with Gasteiger partial charge in [0.15, 0.2) is 0 Å². The lowest BCUT2D eigenvalue weighted by atomic mass is 9.87. The number of methoxy groups -OCH3 is 1. The van der Waals surface area contributed by atoms with Gasteiger partial charge in [0.25, 0.3) is 10.1 Å². The lowest BCUT2D eigenvalue weighted by Crippen LogP contribution is -2.30. The van der Waals surface area contributed by atoms with E-state index in [1.807, 2.05) is 6.92 Å². The minimum atomic E-state index is -3.78. The van der Waals surface area contributed by atoms with E-state index in [0.29, 0.717) is 12.8 Å². The van der Waals surface area contributed by atoms with Gasteiger partial charge in [0.2, 0.25) is 0 Å². The van der Waals surface area contributed by atoms with E-state index in [4.69, 9.17) is 8.92 Å². The van der Waals surface area contributed by atoms with E-state index in [1.165, 1.54) is 19.2 Å². The Morgan fingerprint density at radius 3 is 2.48 bits per heavy atom. The summed E-state index contributed by atoms with van der Waals surface area (Å²) in [6.07, 6.45) is 2.04. The molecule has 6 heteroatoms. The first kappa shape index (κ1) is 16.0. The second kappa shape index (κ2) is 6.58. The average molecular weight is 312 g/mol. The number of hydrogen-bond donors (Lipinski definition) is 0. The van der Waals surface area contributed by atoms with Crippen LogP contribution in [0.2, 0.25) is 0 Å². The van der Waals surface area contributed by atoms with E-state index >= 15 is 0 Å². The molecule has 0 N–H and O–H groups in total. The van der Waals surface area contributed by atoms with Crippen molar-refractivity contribution in [3.8, 4) is 0 Å². The van der Waals surface area contributed by atoms with Gasteiger partial charge in [0.1, 0.15) is 0 Å². The van der Waals surface area contributed by atoms with Crippen molar-refractivity contribution in [3.63, 3.8) is 0 Å². The predicted molar refractivity (Wildman–Crippen MR) is 77.2 cm³/mol. The van der Waals surface area contributed by atoms with Crippen molar-refractivity contribution >= 4 is 16.1 Å². The molecule has 5 nitrogen and oxygen atoms in total. The molecule has 0 spiro atoms. The highest BCUT2D eigenvalue weighted by Crippen LogP contribution is 2.29. The fourth-order valence-electron chi connectivity index (χ4n) is 2.55. The van der Waals surface area contributed by atoms with Crippen molar-refractivity contribution in [3.05, 3.63) is 29.8 Å². The van der Waals surface area contributed by atoms with Gasteiger partial charge < -0.3 is 4.74 Å². The minimum absolute atomic E-state index is 0.147. The second-order valence-corrected chi connectivity index (χ2v) is 6.94. The molecule has 116 valence electrons. The molecular weight excluding hydrogens is 292 g/mol. The molecule has 1 aliphatic carbocycles. The first-order valence-corrected chi connectivity index (χ1v) is 8.41. The van der Waals surface area contributed by atoms with Gasteiger partial charge in [-0.25, -0.2) is 0 Å². The van der Waals surface area contributed by atoms with Crippen LogP contribution >= 0.6 is 0 Å². The van der Waals surface area contributed by atoms with Gasteiger partial charge in [0.05, 0.1) is 24.0 Å². The van der Waals surface area contributed by atoms with E-state index in [1.54, 1.807) is 12.1 Å². The number of aryl methyl sites for hydroxylation is 1. The molecule has 1 fully saturated rings. The van der Waals surface area contributed by atoms with Crippen LogP contribution in [-0.4, -0.2) is 27.6 Å². The quantitative estimate of drug-likeness (QED) is 0.631. The highest BCUT2D eigenvalue weighted by molar-refractivity contribution is 7.86. The van der Waals surface area contributed by atoms with Gasteiger partial charge >= 0.3 is 5.97 Å². The maximum Gasteiger partial charge on any atom is 0.308 e. The first-order valence-electron chi connectivity index (χ1n) is 7.00. The standard InChI is InChI=1S/C15H20O5S/c1-11-6-8-14(9-7-11)21(17,18)20-13-5-3-4-12(10-13)15(16)19-2/h6-9,12-13H,3-5,10H2,1-2H3/t12-,13+/m0/s1. The molecule has 0 bridgehead atoms. The summed E-state index contributed by atoms with van der Waals surface area (Å²) < 4.78 is 34.5. The Bertz CT molecular complexity index is 591. The van der Waals surface area contributed by atoms with Crippen molar-refractivity contribution in [2.75, 3.05) is 7.11 Å². The molecule has 0 saturated heterocycles. The van der Waals surface area contributed by atoms with E-state index < -0.39 is 16.2 Å². The Morgan fingerprint density at radius 1 is 1.19 bits per heavy atom. The average Bonchev–Trinajstić information content (AvgIpc) is 2.46. The van der Waals surface area contributed by atoms with E-state index in [-0.39, 0.29) is 16.8 Å². The van der Waals surface area contributed by atoms with Crippen molar-refractivity contribution in [2.45, 2.75) is 43.6 Å². The van der Waals surface area contributed by atoms with Crippen molar-refractivity contribution in [1.29, 1.82) is 0 Å². The number of benzene rings is 1. The largest absolute Gasteiger partial charge is 0.469 e. The molecule has 0 unspecified atom stereocenters. The summed E-state index contributed by atoms with van der Waals surface area (Å²) >= 11 is 0. The fourth-order valence-corrected chi connectivity index (χ4v) is 3.67. The summed E-state index contributed by atoms with van der Waals surface area (Å²) in [5.41, 5.74) is 0.984. The Labute approximate surface area is 125 Å². The molecule has 1 aromatic carbocycles. The zero-order valence-electron chi connectivity index (χ0n) is 12.2. The Kier molecular flexibility index (Phi) is 5.00. The molecule has 0 aliphatic heterocycles. The number of rotatable bonds is 4. The highest BCUT2D eigenvalue weighted by Gasteiger charge is 2.31. The molecule has 1 aliphatic rings. The minimum Gasteiger partial charge on any atom is -0.469 e. The lowest BCUT2D eigenvalue weighted by molar-refractivity contribution is -0.147. The first-order chi connectivity index (χ1) is 9.92. The molecule has 0 heterocycles. The molecular formula is C15H20O5S. The normalized spacial score (nSPS) is 22.8. The number of hydrogen-bond acceptors (Lipinski definition) is 5. The van der Waals surface area contributed by atoms with Gasteiger partial charge in [-0.1, -0.05) is 17.7 Å². The molecule has 21 heavy (non-hydrogen) atoms. The van der Waals surface area contributed by atoms with Gasteiger partial charge in [-0.2, -0.15) is 8.42 Å². The Balaban J connectivity index is 2.06. The zero-order valence-corrected chi connectivity index (χ0v) is 13.1. The molecule has 0 radical (unpaired) electrons. The zero-order chi connectivity index (χ0) is 15.5. The number of carbonyl (C=O) groups excluding carboxylic acids is 1. The van der Waals surface area contributed by atoms with Crippen molar-refractivity contribution < 1.29 is 22.1 Å². The van der Waals surface area contributed by atoms with Crippen LogP contribution in [0.3, 0.4) is 0 Å².